The van der Waals surface area contributed by atoms with Gasteiger partial charge < -0.3 is 4.98 Å². The molecule has 1 N–H and O–H groups in total. The Kier molecular flexibility index (Phi) is 6.39. The normalized spacial score (nSPS) is 14.3. The number of hydrogen-bond donors (Lipinski definition) is 1. The van der Waals surface area contributed by atoms with Crippen LogP contribution >= 0.6 is 0 Å². The van der Waals surface area contributed by atoms with Crippen LogP contribution in [0.4, 0.5) is 0 Å². The van der Waals surface area contributed by atoms with Crippen molar-refractivity contribution in [1.82, 2.24) is 4.98 Å². The number of fused-ring (bicyclic) bond motifs is 3. The van der Waals surface area contributed by atoms with E-state index in [1.165, 1.54) is 65.7 Å². The molecular formula is C43H34N2. The second kappa shape index (κ2) is 10.6. The largest absolute Gasteiger partial charge is 0.358 e. The molecule has 6 aromatic carbocycles. The lowest BCUT2D eigenvalue weighted by Gasteiger charge is -2.18. The third kappa shape index (κ3) is 4.53. The van der Waals surface area contributed by atoms with Crippen LogP contribution in [0.1, 0.15) is 36.4 Å². The van der Waals surface area contributed by atoms with Gasteiger partial charge in [0.15, 0.2) is 0 Å². The quantitative estimate of drug-likeness (QED) is 0.201. The highest BCUT2D eigenvalue weighted by Gasteiger charge is 2.21. The van der Waals surface area contributed by atoms with Gasteiger partial charge in [-0.15, -0.1) is 0 Å². The fourth-order valence-electron chi connectivity index (χ4n) is 7.22. The first-order valence-corrected chi connectivity index (χ1v) is 15.6. The molecule has 0 spiro atoms. The van der Waals surface area contributed by atoms with Crippen molar-refractivity contribution in [1.29, 1.82) is 0 Å². The summed E-state index contributed by atoms with van der Waals surface area (Å²) in [5.41, 5.74) is 14.1. The summed E-state index contributed by atoms with van der Waals surface area (Å²) >= 11 is 0. The van der Waals surface area contributed by atoms with Gasteiger partial charge in [0, 0.05) is 17.0 Å². The summed E-state index contributed by atoms with van der Waals surface area (Å²) < 4.78 is 0. The van der Waals surface area contributed by atoms with Crippen LogP contribution in [-0.4, -0.2) is 10.7 Å². The molecule has 7 aromatic rings. The zero-order valence-electron chi connectivity index (χ0n) is 26.1. The van der Waals surface area contributed by atoms with Crippen molar-refractivity contribution in [2.45, 2.75) is 27.7 Å². The van der Waals surface area contributed by atoms with Crippen molar-refractivity contribution in [3.8, 4) is 22.3 Å². The summed E-state index contributed by atoms with van der Waals surface area (Å²) in [6.45, 7) is 8.52. The molecule has 0 aliphatic carbocycles. The number of hydrogen-bond acceptors (Lipinski definition) is 1. The molecule has 0 bridgehead atoms. The number of nitrogens with zero attached hydrogens (tertiary/aromatic N) is 1. The predicted molar refractivity (Wildman–Crippen MR) is 193 cm³/mol. The van der Waals surface area contributed by atoms with Gasteiger partial charge in [0.1, 0.15) is 0 Å². The fourth-order valence-corrected chi connectivity index (χ4v) is 7.22. The molecule has 0 radical (unpaired) electrons. The summed E-state index contributed by atoms with van der Waals surface area (Å²) in [6, 6.07) is 44.5. The molecule has 1 aliphatic rings. The lowest BCUT2D eigenvalue weighted by molar-refractivity contribution is 1.21. The molecule has 216 valence electrons. The molecule has 0 unspecified atom stereocenters. The van der Waals surface area contributed by atoms with E-state index in [9.17, 15) is 0 Å². The summed E-state index contributed by atoms with van der Waals surface area (Å²) in [6.07, 6.45) is 2.17. The van der Waals surface area contributed by atoms with Gasteiger partial charge in [0.2, 0.25) is 0 Å². The summed E-state index contributed by atoms with van der Waals surface area (Å²) in [7, 11) is 0. The van der Waals surface area contributed by atoms with Gasteiger partial charge in [-0.1, -0.05) is 109 Å². The average Bonchev–Trinajstić information content (AvgIpc) is 3.58. The van der Waals surface area contributed by atoms with Gasteiger partial charge in [-0.3, -0.25) is 4.99 Å². The highest BCUT2D eigenvalue weighted by atomic mass is 14.8. The number of aromatic nitrogens is 1. The Hall–Kier alpha value is -5.47. The number of H-pyrrole nitrogens is 1. The maximum Gasteiger partial charge on any atom is 0.0761 e. The van der Waals surface area contributed by atoms with Crippen LogP contribution in [0.2, 0.25) is 0 Å². The van der Waals surface area contributed by atoms with E-state index in [2.05, 4.69) is 160 Å². The van der Waals surface area contributed by atoms with Gasteiger partial charge in [0.05, 0.1) is 11.4 Å². The Labute approximate surface area is 264 Å². The maximum absolute atomic E-state index is 4.98. The Bertz CT molecular complexity index is 2340. The van der Waals surface area contributed by atoms with Gasteiger partial charge >= 0.3 is 0 Å². The highest BCUT2D eigenvalue weighted by molar-refractivity contribution is 6.21. The molecule has 2 heteroatoms. The monoisotopic (exact) mass is 578 g/mol. The van der Waals surface area contributed by atoms with Gasteiger partial charge in [-0.25, -0.2) is 0 Å². The van der Waals surface area contributed by atoms with E-state index in [4.69, 9.17) is 4.99 Å². The Balaban J connectivity index is 1.35. The van der Waals surface area contributed by atoms with Crippen LogP contribution in [0, 0.1) is 13.8 Å². The van der Waals surface area contributed by atoms with E-state index in [1.54, 1.807) is 0 Å². The zero-order chi connectivity index (χ0) is 30.7. The van der Waals surface area contributed by atoms with Crippen LogP contribution in [-0.2, 0) is 0 Å². The molecule has 45 heavy (non-hydrogen) atoms. The number of aliphatic imine (C=N–C) groups is 1. The van der Waals surface area contributed by atoms with E-state index in [0.29, 0.717) is 0 Å². The maximum atomic E-state index is 4.98. The number of aromatic amines is 1. The smallest absolute Gasteiger partial charge is 0.0761 e. The summed E-state index contributed by atoms with van der Waals surface area (Å²) in [5, 5.41) is 7.57. The molecule has 8 rings (SSSR count). The van der Waals surface area contributed by atoms with Crippen molar-refractivity contribution >= 4 is 43.6 Å². The fraction of sp³-hybridized carbons (Fsp3) is 0.0930. The molecule has 1 aliphatic heterocycles. The Morgan fingerprint density at radius 2 is 1.11 bits per heavy atom. The minimum absolute atomic E-state index is 1.04. The number of rotatable bonds is 4. The second-order valence-corrected chi connectivity index (χ2v) is 12.3. The minimum atomic E-state index is 1.04. The van der Waals surface area contributed by atoms with Crippen LogP contribution in [0.25, 0.3) is 60.1 Å². The first-order valence-electron chi connectivity index (χ1n) is 15.6. The van der Waals surface area contributed by atoms with E-state index >= 15 is 0 Å². The zero-order valence-corrected chi connectivity index (χ0v) is 26.1. The molecule has 0 saturated heterocycles. The number of benzene rings is 6. The number of aryl methyl sites for hydroxylation is 2. The molecule has 1 aromatic heterocycles. The van der Waals surface area contributed by atoms with E-state index < -0.39 is 0 Å². The Morgan fingerprint density at radius 3 is 1.67 bits per heavy atom. The molecule has 2 heterocycles. The molecule has 0 fully saturated rings. The molecule has 0 amide bonds. The van der Waals surface area contributed by atoms with Gasteiger partial charge in [-0.05, 0) is 117 Å². The van der Waals surface area contributed by atoms with Crippen LogP contribution in [0.15, 0.2) is 144 Å². The topological polar surface area (TPSA) is 28.1 Å². The first kappa shape index (κ1) is 27.1. The van der Waals surface area contributed by atoms with Crippen molar-refractivity contribution < 1.29 is 0 Å². The Morgan fingerprint density at radius 1 is 0.556 bits per heavy atom. The van der Waals surface area contributed by atoms with E-state index in [1.807, 2.05) is 0 Å². The van der Waals surface area contributed by atoms with Gasteiger partial charge in [0.25, 0.3) is 0 Å². The number of allylic oxidation sites excluding steroid dienone is 2. The molecule has 2 nitrogen and oxygen atoms in total. The highest BCUT2D eigenvalue weighted by Crippen LogP contribution is 2.44. The molecular weight excluding hydrogens is 544 g/mol. The standard InChI is InChI=1S/C43H34N2/c1-26-23-28(3)44-42(26)41(43-27(2)24-29(4)45-43)32-20-18-31(19-21-32)39-35-13-7-9-15-37(35)40(38-16-10-8-14-36(38)39)34-22-17-30-11-5-6-12-33(30)25-34/h5-25,44H,1-4H3/b43-41-. The summed E-state index contributed by atoms with van der Waals surface area (Å²) in [4.78, 5) is 8.60. The van der Waals surface area contributed by atoms with E-state index in [0.717, 1.165) is 33.9 Å². The SMILES string of the molecule is CC1=CC(C)=N/C1=C(/c1ccc(-c2c3ccccc3c(-c3ccc4ccccc4c3)c3ccccc23)cc1)c1[nH]c(C)cc1C. The number of nitrogens with one attached hydrogen (secondary N) is 1. The van der Waals surface area contributed by atoms with Crippen molar-refractivity contribution in [2.24, 2.45) is 4.99 Å². The lowest BCUT2D eigenvalue weighted by Crippen LogP contribution is -1.97. The lowest BCUT2D eigenvalue weighted by atomic mass is 9.85. The summed E-state index contributed by atoms with van der Waals surface area (Å²) in [5.74, 6) is 0. The first-order chi connectivity index (χ1) is 22.0. The third-order valence-corrected chi connectivity index (χ3v) is 9.16. The van der Waals surface area contributed by atoms with Gasteiger partial charge in [-0.2, -0.15) is 0 Å². The average molecular weight is 579 g/mol. The predicted octanol–water partition coefficient (Wildman–Crippen LogP) is 11.6. The third-order valence-electron chi connectivity index (χ3n) is 9.16. The van der Waals surface area contributed by atoms with Crippen LogP contribution in [0.5, 0.6) is 0 Å². The van der Waals surface area contributed by atoms with Crippen molar-refractivity contribution in [3.63, 3.8) is 0 Å². The second-order valence-electron chi connectivity index (χ2n) is 12.3. The van der Waals surface area contributed by atoms with Crippen molar-refractivity contribution in [2.75, 3.05) is 0 Å². The van der Waals surface area contributed by atoms with Crippen LogP contribution < -0.4 is 0 Å². The van der Waals surface area contributed by atoms with E-state index in [-0.39, 0.29) is 0 Å². The minimum Gasteiger partial charge on any atom is -0.358 e. The molecule has 0 saturated carbocycles. The van der Waals surface area contributed by atoms with Crippen molar-refractivity contribution in [3.05, 3.63) is 161 Å². The van der Waals surface area contributed by atoms with Crippen LogP contribution in [0.3, 0.4) is 0 Å². The molecule has 0 atom stereocenters.